The number of anilines is 1. The Kier molecular flexibility index (Phi) is 4.86. The molecule has 0 bridgehead atoms. The molecule has 1 heterocycles. The number of aliphatic imine (C=N–C) groups is 1. The predicted molar refractivity (Wildman–Crippen MR) is 79.5 cm³/mol. The molecule has 0 fully saturated rings. The van der Waals surface area contributed by atoms with Gasteiger partial charge in [-0.1, -0.05) is 23.4 Å². The Balaban J connectivity index is 2.03. The second kappa shape index (κ2) is 6.62. The van der Waals surface area contributed by atoms with Crippen molar-refractivity contribution in [1.82, 2.24) is 5.32 Å². The average Bonchev–Trinajstić information content (AvgIpc) is 2.91. The van der Waals surface area contributed by atoms with Crippen LogP contribution in [0.15, 0.2) is 23.2 Å². The van der Waals surface area contributed by atoms with E-state index in [9.17, 15) is 9.59 Å². The van der Waals surface area contributed by atoms with Gasteiger partial charge in [-0.25, -0.2) is 0 Å². The lowest BCUT2D eigenvalue weighted by Gasteiger charge is -2.10. The first-order valence-corrected chi connectivity index (χ1v) is 7.09. The number of nitrogens with one attached hydrogen (secondary N) is 2. The summed E-state index contributed by atoms with van der Waals surface area (Å²) in [4.78, 5) is 27.5. The molecule has 1 aromatic rings. The number of benzene rings is 1. The molecule has 20 heavy (non-hydrogen) atoms. The zero-order chi connectivity index (χ0) is 14.5. The molecule has 0 aliphatic carbocycles. The molecule has 0 atom stereocenters. The number of nitrogens with zero attached hydrogens (tertiary/aromatic N) is 1. The molecule has 1 aliphatic rings. The molecule has 0 aromatic heterocycles. The quantitative estimate of drug-likeness (QED) is 0.811. The summed E-state index contributed by atoms with van der Waals surface area (Å²) in [6.45, 7) is 0.643. The highest BCUT2D eigenvalue weighted by molar-refractivity contribution is 8.14. The molecule has 0 spiro atoms. The number of methoxy groups -OCH3 is 1. The van der Waals surface area contributed by atoms with Crippen LogP contribution in [0.1, 0.15) is 0 Å². The molecule has 0 saturated carbocycles. The third kappa shape index (κ3) is 3.64. The minimum atomic E-state index is -0.805. The third-order valence-electron chi connectivity index (χ3n) is 2.42. The maximum Gasteiger partial charge on any atom is 0.315 e. The van der Waals surface area contributed by atoms with Crippen LogP contribution < -0.4 is 15.4 Å². The number of halogens is 1. The molecular formula is C12H12ClN3O3S. The maximum absolute atomic E-state index is 11.8. The van der Waals surface area contributed by atoms with Gasteiger partial charge in [0.15, 0.2) is 5.17 Å². The first kappa shape index (κ1) is 14.7. The summed E-state index contributed by atoms with van der Waals surface area (Å²) in [5.74, 6) is -0.358. The maximum atomic E-state index is 11.8. The van der Waals surface area contributed by atoms with E-state index in [0.29, 0.717) is 28.2 Å². The van der Waals surface area contributed by atoms with E-state index in [4.69, 9.17) is 16.3 Å². The fourth-order valence-corrected chi connectivity index (χ4v) is 2.42. The third-order valence-corrected chi connectivity index (χ3v) is 3.55. The van der Waals surface area contributed by atoms with Crippen molar-refractivity contribution in [3.8, 4) is 5.75 Å². The monoisotopic (exact) mass is 313 g/mol. The second-order valence-electron chi connectivity index (χ2n) is 3.79. The van der Waals surface area contributed by atoms with Crippen molar-refractivity contribution in [3.05, 3.63) is 23.2 Å². The van der Waals surface area contributed by atoms with Crippen molar-refractivity contribution in [3.63, 3.8) is 0 Å². The Bertz CT molecular complexity index is 577. The van der Waals surface area contributed by atoms with Gasteiger partial charge in [-0.2, -0.15) is 0 Å². The lowest BCUT2D eigenvalue weighted by atomic mass is 10.3. The van der Waals surface area contributed by atoms with Gasteiger partial charge in [-0.05, 0) is 18.2 Å². The van der Waals surface area contributed by atoms with E-state index in [-0.39, 0.29) is 0 Å². The summed E-state index contributed by atoms with van der Waals surface area (Å²) in [6.07, 6.45) is 0. The lowest BCUT2D eigenvalue weighted by molar-refractivity contribution is -0.135. The Labute approximate surface area is 124 Å². The second-order valence-corrected chi connectivity index (χ2v) is 5.31. The number of rotatable bonds is 2. The summed E-state index contributed by atoms with van der Waals surface area (Å²) < 4.78 is 5.08. The van der Waals surface area contributed by atoms with E-state index < -0.39 is 11.8 Å². The van der Waals surface area contributed by atoms with Gasteiger partial charge >= 0.3 is 11.8 Å². The minimum absolute atomic E-state index is 0.334. The van der Waals surface area contributed by atoms with Crippen LogP contribution in [-0.4, -0.2) is 36.4 Å². The largest absolute Gasteiger partial charge is 0.495 e. The SMILES string of the molecule is COc1ccc(Cl)cc1NC(=O)C(=O)NC1=NCCS1. The van der Waals surface area contributed by atoms with E-state index >= 15 is 0 Å². The fourth-order valence-electron chi connectivity index (χ4n) is 1.52. The van der Waals surface area contributed by atoms with Crippen LogP contribution in [-0.2, 0) is 9.59 Å². The van der Waals surface area contributed by atoms with Crippen LogP contribution in [0.4, 0.5) is 5.69 Å². The van der Waals surface area contributed by atoms with Crippen molar-refractivity contribution >= 4 is 46.0 Å². The molecule has 0 radical (unpaired) electrons. The normalized spacial score (nSPS) is 13.6. The van der Waals surface area contributed by atoms with Crippen LogP contribution in [0.25, 0.3) is 0 Å². The van der Waals surface area contributed by atoms with Gasteiger partial charge in [0.25, 0.3) is 0 Å². The summed E-state index contributed by atoms with van der Waals surface area (Å²) in [5, 5.41) is 5.78. The van der Waals surface area contributed by atoms with Gasteiger partial charge in [-0.15, -0.1) is 0 Å². The minimum Gasteiger partial charge on any atom is -0.495 e. The van der Waals surface area contributed by atoms with Crippen LogP contribution in [0, 0.1) is 0 Å². The molecule has 1 aliphatic heterocycles. The van der Waals surface area contributed by atoms with Gasteiger partial charge in [0.1, 0.15) is 5.75 Å². The zero-order valence-electron chi connectivity index (χ0n) is 10.6. The number of carbonyl (C=O) groups excluding carboxylic acids is 2. The van der Waals surface area contributed by atoms with E-state index in [1.54, 1.807) is 12.1 Å². The molecule has 0 unspecified atom stereocenters. The molecule has 1 aromatic carbocycles. The van der Waals surface area contributed by atoms with Gasteiger partial charge in [0.05, 0.1) is 19.3 Å². The summed E-state index contributed by atoms with van der Waals surface area (Å²) in [6, 6.07) is 4.74. The van der Waals surface area contributed by atoms with Gasteiger partial charge in [0, 0.05) is 10.8 Å². The zero-order valence-corrected chi connectivity index (χ0v) is 12.2. The first-order chi connectivity index (χ1) is 9.60. The number of thioether (sulfide) groups is 1. The van der Waals surface area contributed by atoms with E-state index in [0.717, 1.165) is 5.75 Å². The topological polar surface area (TPSA) is 79.8 Å². The van der Waals surface area contributed by atoms with Crippen molar-refractivity contribution in [2.24, 2.45) is 4.99 Å². The molecule has 2 amide bonds. The van der Waals surface area contributed by atoms with E-state index in [2.05, 4.69) is 15.6 Å². The summed E-state index contributed by atoms with van der Waals surface area (Å²) in [7, 11) is 1.46. The van der Waals surface area contributed by atoms with Gasteiger partial charge < -0.3 is 10.1 Å². The number of ether oxygens (including phenoxy) is 1. The molecule has 2 N–H and O–H groups in total. The predicted octanol–water partition coefficient (Wildman–Crippen LogP) is 1.51. The Morgan fingerprint density at radius 3 is 2.75 bits per heavy atom. The molecule has 6 nitrogen and oxygen atoms in total. The molecule has 2 rings (SSSR count). The summed E-state index contributed by atoms with van der Waals surface area (Å²) >= 11 is 7.24. The average molecular weight is 314 g/mol. The number of amidine groups is 1. The van der Waals surface area contributed by atoms with Gasteiger partial charge in [-0.3, -0.25) is 19.9 Å². The summed E-state index contributed by atoms with van der Waals surface area (Å²) in [5.41, 5.74) is 0.334. The van der Waals surface area contributed by atoms with Crippen molar-refractivity contribution in [1.29, 1.82) is 0 Å². The van der Waals surface area contributed by atoms with Crippen molar-refractivity contribution < 1.29 is 14.3 Å². The smallest absolute Gasteiger partial charge is 0.315 e. The number of carbonyl (C=O) groups is 2. The standard InChI is InChI=1S/C12H12ClN3O3S/c1-19-9-3-2-7(13)6-8(9)15-10(17)11(18)16-12-14-4-5-20-12/h2-3,6H,4-5H2,1H3,(H,15,17)(H,14,16,18). The van der Waals surface area contributed by atoms with Gasteiger partial charge in [0.2, 0.25) is 0 Å². The number of hydrogen-bond acceptors (Lipinski definition) is 5. The first-order valence-electron chi connectivity index (χ1n) is 5.73. The van der Waals surface area contributed by atoms with Crippen molar-refractivity contribution in [2.45, 2.75) is 0 Å². The Morgan fingerprint density at radius 2 is 2.10 bits per heavy atom. The molecule has 106 valence electrons. The van der Waals surface area contributed by atoms with Crippen LogP contribution in [0.3, 0.4) is 0 Å². The van der Waals surface area contributed by atoms with E-state index in [1.165, 1.54) is 24.9 Å². The molecule has 8 heteroatoms. The van der Waals surface area contributed by atoms with Crippen LogP contribution in [0.5, 0.6) is 5.75 Å². The number of hydrogen-bond donors (Lipinski definition) is 2. The van der Waals surface area contributed by atoms with Crippen molar-refractivity contribution in [2.75, 3.05) is 24.7 Å². The molecular weight excluding hydrogens is 302 g/mol. The highest BCUT2D eigenvalue weighted by atomic mass is 35.5. The fraction of sp³-hybridized carbons (Fsp3) is 0.250. The highest BCUT2D eigenvalue weighted by Gasteiger charge is 2.19. The Morgan fingerprint density at radius 1 is 1.35 bits per heavy atom. The lowest BCUT2D eigenvalue weighted by Crippen LogP contribution is -2.37. The van der Waals surface area contributed by atoms with Crippen LogP contribution >= 0.6 is 23.4 Å². The molecule has 0 saturated heterocycles. The Hall–Kier alpha value is -1.73. The van der Waals surface area contributed by atoms with E-state index in [1.807, 2.05) is 0 Å². The van der Waals surface area contributed by atoms with Crippen LogP contribution in [0.2, 0.25) is 5.02 Å². The number of amides is 2. The highest BCUT2D eigenvalue weighted by Crippen LogP contribution is 2.27.